The first-order valence-electron chi connectivity index (χ1n) is 4.73. The predicted octanol–water partition coefficient (Wildman–Crippen LogP) is 0.319. The Morgan fingerprint density at radius 2 is 1.64 bits per heavy atom. The molecule has 1 aliphatic carbocycles. The zero-order valence-corrected chi connectivity index (χ0v) is 6.74. The summed E-state index contributed by atoms with van der Waals surface area (Å²) >= 11 is 0. The number of aliphatic hydroxyl groups excluding tert-OH is 1. The van der Waals surface area contributed by atoms with Crippen LogP contribution in [0.15, 0.2) is 0 Å². The topological polar surface area (TPSA) is 23.5 Å². The van der Waals surface area contributed by atoms with E-state index in [1.165, 1.54) is 32.5 Å². The molecule has 3 saturated heterocycles. The summed E-state index contributed by atoms with van der Waals surface area (Å²) in [5.41, 5.74) is 0. The maximum Gasteiger partial charge on any atom is 0.0621 e. The molecule has 0 aromatic carbocycles. The third kappa shape index (κ3) is 0.798. The Kier molecular flexibility index (Phi) is 1.16. The summed E-state index contributed by atoms with van der Waals surface area (Å²) in [4.78, 5) is 2.54. The largest absolute Gasteiger partial charge is 0.392 e. The standard InChI is InChI=1S/C9H15NO/c11-9-7-1-6-2-8(9)5-10(3-6)4-7/h6-9,11H,1-5H2/t6?,7-,8-,9?/m0/s1. The van der Waals surface area contributed by atoms with Crippen molar-refractivity contribution >= 4 is 0 Å². The lowest BCUT2D eigenvalue weighted by molar-refractivity contribution is -0.110. The Labute approximate surface area is 67.2 Å². The molecule has 3 aliphatic heterocycles. The summed E-state index contributed by atoms with van der Waals surface area (Å²) in [6, 6.07) is 0. The van der Waals surface area contributed by atoms with Gasteiger partial charge < -0.3 is 10.0 Å². The van der Waals surface area contributed by atoms with Crippen molar-refractivity contribution in [3.63, 3.8) is 0 Å². The van der Waals surface area contributed by atoms with Crippen LogP contribution in [-0.4, -0.2) is 35.7 Å². The minimum absolute atomic E-state index is 0.0443. The summed E-state index contributed by atoms with van der Waals surface area (Å²) in [6.07, 6.45) is 2.64. The van der Waals surface area contributed by atoms with Gasteiger partial charge in [0.25, 0.3) is 0 Å². The van der Waals surface area contributed by atoms with Crippen LogP contribution in [0.3, 0.4) is 0 Å². The average molecular weight is 153 g/mol. The Morgan fingerprint density at radius 3 is 2.18 bits per heavy atom. The van der Waals surface area contributed by atoms with Crippen LogP contribution in [-0.2, 0) is 0 Å². The monoisotopic (exact) mass is 153 g/mol. The molecule has 0 aromatic heterocycles. The highest BCUT2D eigenvalue weighted by molar-refractivity contribution is 4.98. The molecule has 62 valence electrons. The number of aliphatic hydroxyl groups is 1. The van der Waals surface area contributed by atoms with Crippen molar-refractivity contribution in [2.45, 2.75) is 18.9 Å². The van der Waals surface area contributed by atoms with Crippen molar-refractivity contribution in [1.29, 1.82) is 0 Å². The third-order valence-corrected chi connectivity index (χ3v) is 3.74. The van der Waals surface area contributed by atoms with Gasteiger partial charge in [-0.25, -0.2) is 0 Å². The van der Waals surface area contributed by atoms with Crippen LogP contribution >= 0.6 is 0 Å². The van der Waals surface area contributed by atoms with Gasteiger partial charge in [-0.3, -0.25) is 0 Å². The summed E-state index contributed by atoms with van der Waals surface area (Å²) in [6.45, 7) is 3.67. The van der Waals surface area contributed by atoms with Gasteiger partial charge in [-0.2, -0.15) is 0 Å². The van der Waals surface area contributed by atoms with Gasteiger partial charge in [0.1, 0.15) is 0 Å². The molecule has 0 amide bonds. The number of nitrogens with zero attached hydrogens (tertiary/aromatic N) is 1. The molecule has 3 heterocycles. The van der Waals surface area contributed by atoms with Gasteiger partial charge in [0.2, 0.25) is 0 Å². The van der Waals surface area contributed by atoms with E-state index in [1.54, 1.807) is 0 Å². The number of hydrogen-bond acceptors (Lipinski definition) is 2. The molecular formula is C9H15NO. The van der Waals surface area contributed by atoms with E-state index in [2.05, 4.69) is 4.90 Å². The van der Waals surface area contributed by atoms with Gasteiger partial charge in [-0.05, 0) is 30.6 Å². The van der Waals surface area contributed by atoms with Gasteiger partial charge in [0.05, 0.1) is 6.10 Å². The Morgan fingerprint density at radius 1 is 1.00 bits per heavy atom. The van der Waals surface area contributed by atoms with E-state index in [-0.39, 0.29) is 6.10 Å². The second-order valence-corrected chi connectivity index (χ2v) is 4.57. The molecule has 4 bridgehead atoms. The highest BCUT2D eigenvalue weighted by atomic mass is 16.3. The predicted molar refractivity (Wildman–Crippen MR) is 42.2 cm³/mol. The highest BCUT2D eigenvalue weighted by Crippen LogP contribution is 2.43. The minimum atomic E-state index is 0.0443. The molecule has 4 aliphatic rings. The molecule has 11 heavy (non-hydrogen) atoms. The van der Waals surface area contributed by atoms with Crippen molar-refractivity contribution in [2.24, 2.45) is 17.8 Å². The van der Waals surface area contributed by atoms with Gasteiger partial charge in [-0.1, -0.05) is 0 Å². The quantitative estimate of drug-likeness (QED) is 0.541. The van der Waals surface area contributed by atoms with E-state index in [0.717, 1.165) is 5.92 Å². The van der Waals surface area contributed by atoms with Gasteiger partial charge in [-0.15, -0.1) is 0 Å². The van der Waals surface area contributed by atoms with Crippen molar-refractivity contribution in [2.75, 3.05) is 19.6 Å². The fraction of sp³-hybridized carbons (Fsp3) is 1.00. The maximum absolute atomic E-state index is 9.80. The van der Waals surface area contributed by atoms with E-state index < -0.39 is 0 Å². The fourth-order valence-electron chi connectivity index (χ4n) is 3.38. The fourth-order valence-corrected chi connectivity index (χ4v) is 3.38. The first-order chi connectivity index (χ1) is 5.33. The Bertz CT molecular complexity index is 152. The lowest BCUT2D eigenvalue weighted by atomic mass is 9.66. The molecule has 0 unspecified atom stereocenters. The molecule has 2 atom stereocenters. The summed E-state index contributed by atoms with van der Waals surface area (Å²) < 4.78 is 0. The number of piperidine rings is 3. The molecule has 2 heteroatoms. The van der Waals surface area contributed by atoms with Crippen LogP contribution in [0.4, 0.5) is 0 Å². The maximum atomic E-state index is 9.80. The first-order valence-corrected chi connectivity index (χ1v) is 4.73. The molecular weight excluding hydrogens is 138 g/mol. The third-order valence-electron chi connectivity index (χ3n) is 3.74. The summed E-state index contributed by atoms with van der Waals surface area (Å²) in [5.74, 6) is 2.18. The number of rotatable bonds is 0. The average Bonchev–Trinajstić information content (AvgIpc) is 1.98. The highest BCUT2D eigenvalue weighted by Gasteiger charge is 2.46. The molecule has 0 aromatic rings. The molecule has 2 nitrogen and oxygen atoms in total. The second kappa shape index (κ2) is 1.99. The van der Waals surface area contributed by atoms with E-state index in [4.69, 9.17) is 0 Å². The van der Waals surface area contributed by atoms with Crippen molar-refractivity contribution in [1.82, 2.24) is 4.90 Å². The van der Waals surface area contributed by atoms with Crippen LogP contribution in [0, 0.1) is 17.8 Å². The number of hydrogen-bond donors (Lipinski definition) is 1. The summed E-state index contributed by atoms with van der Waals surface area (Å²) in [5, 5.41) is 9.80. The van der Waals surface area contributed by atoms with Gasteiger partial charge in [0.15, 0.2) is 0 Å². The molecule has 1 saturated carbocycles. The normalized spacial score (nSPS) is 60.3. The Balaban J connectivity index is 1.91. The molecule has 0 spiro atoms. The van der Waals surface area contributed by atoms with Gasteiger partial charge in [0, 0.05) is 19.6 Å². The van der Waals surface area contributed by atoms with E-state index in [0.29, 0.717) is 11.8 Å². The van der Waals surface area contributed by atoms with Gasteiger partial charge >= 0.3 is 0 Å². The van der Waals surface area contributed by atoms with E-state index in [9.17, 15) is 5.11 Å². The van der Waals surface area contributed by atoms with E-state index in [1.807, 2.05) is 0 Å². The second-order valence-electron chi connectivity index (χ2n) is 4.57. The molecule has 0 radical (unpaired) electrons. The zero-order valence-electron chi connectivity index (χ0n) is 6.74. The van der Waals surface area contributed by atoms with Crippen molar-refractivity contribution < 1.29 is 5.11 Å². The smallest absolute Gasteiger partial charge is 0.0621 e. The van der Waals surface area contributed by atoms with E-state index >= 15 is 0 Å². The lowest BCUT2D eigenvalue weighted by Crippen LogP contribution is -2.59. The van der Waals surface area contributed by atoms with Crippen LogP contribution in [0.2, 0.25) is 0 Å². The van der Waals surface area contributed by atoms with Crippen LogP contribution in [0.25, 0.3) is 0 Å². The zero-order chi connectivity index (χ0) is 7.42. The van der Waals surface area contributed by atoms with Crippen molar-refractivity contribution in [3.8, 4) is 0 Å². The summed E-state index contributed by atoms with van der Waals surface area (Å²) in [7, 11) is 0. The van der Waals surface area contributed by atoms with Crippen LogP contribution < -0.4 is 0 Å². The van der Waals surface area contributed by atoms with Crippen LogP contribution in [0.1, 0.15) is 12.8 Å². The first kappa shape index (κ1) is 6.44. The van der Waals surface area contributed by atoms with Crippen LogP contribution in [0.5, 0.6) is 0 Å². The Hall–Kier alpha value is -0.0800. The SMILES string of the molecule is OC1[C@H]2CC3C[C@H]1CN(C3)C2. The molecule has 4 rings (SSSR count). The van der Waals surface area contributed by atoms with Crippen molar-refractivity contribution in [3.05, 3.63) is 0 Å². The lowest BCUT2D eigenvalue weighted by Gasteiger charge is -2.54. The minimum Gasteiger partial charge on any atom is -0.392 e. The molecule has 4 fully saturated rings. The molecule has 1 N–H and O–H groups in total.